The van der Waals surface area contributed by atoms with Crippen LogP contribution in [0.25, 0.3) is 0 Å². The highest BCUT2D eigenvalue weighted by atomic mass is 35.5. The van der Waals surface area contributed by atoms with Crippen LogP contribution in [0.3, 0.4) is 0 Å². The van der Waals surface area contributed by atoms with Crippen molar-refractivity contribution in [2.75, 3.05) is 19.5 Å². The number of amides is 1. The molecule has 3 aromatic rings. The molecule has 144 valence electrons. The van der Waals surface area contributed by atoms with Gasteiger partial charge in [0.15, 0.2) is 21.8 Å². The Morgan fingerprint density at radius 3 is 2.61 bits per heavy atom. The molecule has 0 fully saturated rings. The third-order valence-corrected chi connectivity index (χ3v) is 4.93. The van der Waals surface area contributed by atoms with E-state index >= 15 is 0 Å². The first-order valence-electron chi connectivity index (χ1n) is 8.14. The van der Waals surface area contributed by atoms with E-state index in [0.29, 0.717) is 32.2 Å². The number of rotatable bonds is 7. The van der Waals surface area contributed by atoms with Crippen molar-refractivity contribution in [3.05, 3.63) is 64.1 Å². The molecule has 7 nitrogen and oxygen atoms in total. The van der Waals surface area contributed by atoms with Gasteiger partial charge in [-0.25, -0.2) is 10.4 Å². The number of hydrogen-bond acceptors (Lipinski definition) is 7. The average Bonchev–Trinajstić information content (AvgIpc) is 3.07. The van der Waals surface area contributed by atoms with Gasteiger partial charge in [-0.3, -0.25) is 4.79 Å². The summed E-state index contributed by atoms with van der Waals surface area (Å²) in [5.74, 6) is 0.610. The number of aromatic nitrogens is 1. The Labute approximate surface area is 171 Å². The molecule has 0 atom stereocenters. The minimum atomic E-state index is -0.388. The number of nitrogens with one attached hydrogen (secondary N) is 2. The number of nitrogens with zero attached hydrogens (tertiary/aromatic N) is 2. The Morgan fingerprint density at radius 1 is 1.14 bits per heavy atom. The monoisotopic (exact) mass is 416 g/mol. The summed E-state index contributed by atoms with van der Waals surface area (Å²) >= 11 is 7.46. The maximum absolute atomic E-state index is 12.3. The van der Waals surface area contributed by atoms with Crippen molar-refractivity contribution in [1.82, 2.24) is 10.4 Å². The average molecular weight is 417 g/mol. The SMILES string of the molecule is COc1ccc(C(=O)N/N=C/c2sc(Nc3ccccc3)nc2Cl)cc1OC. The van der Waals surface area contributed by atoms with E-state index in [9.17, 15) is 4.79 Å². The van der Waals surface area contributed by atoms with Crippen LogP contribution in [0.4, 0.5) is 10.8 Å². The topological polar surface area (TPSA) is 84.8 Å². The number of methoxy groups -OCH3 is 2. The number of halogens is 1. The molecule has 2 N–H and O–H groups in total. The number of carbonyl (C=O) groups is 1. The van der Waals surface area contributed by atoms with Crippen LogP contribution in [0.15, 0.2) is 53.6 Å². The van der Waals surface area contributed by atoms with Gasteiger partial charge >= 0.3 is 0 Å². The van der Waals surface area contributed by atoms with Crippen LogP contribution in [0, 0.1) is 0 Å². The van der Waals surface area contributed by atoms with E-state index in [0.717, 1.165) is 5.69 Å². The standard InChI is InChI=1S/C19H17ClN4O3S/c1-26-14-9-8-12(10-15(14)27-2)18(25)24-21-11-16-17(20)23-19(28-16)22-13-6-4-3-5-7-13/h3-11H,1-2H3,(H,22,23)(H,24,25)/b21-11+. The molecule has 0 saturated carbocycles. The van der Waals surface area contributed by atoms with E-state index in [4.69, 9.17) is 21.1 Å². The van der Waals surface area contributed by atoms with E-state index in [1.54, 1.807) is 18.2 Å². The summed E-state index contributed by atoms with van der Waals surface area (Å²) in [6.07, 6.45) is 1.45. The number of para-hydroxylation sites is 1. The lowest BCUT2D eigenvalue weighted by Crippen LogP contribution is -2.17. The lowest BCUT2D eigenvalue weighted by atomic mass is 10.2. The van der Waals surface area contributed by atoms with Crippen molar-refractivity contribution in [2.45, 2.75) is 0 Å². The number of anilines is 2. The smallest absolute Gasteiger partial charge is 0.271 e. The second-order valence-electron chi connectivity index (χ2n) is 5.43. The first-order valence-corrected chi connectivity index (χ1v) is 9.34. The molecule has 0 aliphatic carbocycles. The molecular weight excluding hydrogens is 400 g/mol. The first kappa shape index (κ1) is 19.7. The van der Waals surface area contributed by atoms with Gasteiger partial charge in [0, 0.05) is 11.3 Å². The molecule has 0 aliphatic rings. The summed E-state index contributed by atoms with van der Waals surface area (Å²) in [7, 11) is 3.03. The van der Waals surface area contributed by atoms with Crippen LogP contribution in [-0.2, 0) is 0 Å². The largest absolute Gasteiger partial charge is 0.493 e. The van der Waals surface area contributed by atoms with E-state index < -0.39 is 0 Å². The zero-order valence-electron chi connectivity index (χ0n) is 15.1. The molecule has 9 heteroatoms. The Kier molecular flexibility index (Phi) is 6.46. The third-order valence-electron chi connectivity index (χ3n) is 3.63. The molecular formula is C19H17ClN4O3S. The molecule has 0 bridgehead atoms. The Morgan fingerprint density at radius 2 is 1.89 bits per heavy atom. The first-order chi connectivity index (χ1) is 13.6. The number of hydrogen-bond donors (Lipinski definition) is 2. The lowest BCUT2D eigenvalue weighted by Gasteiger charge is -2.08. The second-order valence-corrected chi connectivity index (χ2v) is 6.82. The zero-order chi connectivity index (χ0) is 19.9. The van der Waals surface area contributed by atoms with Gasteiger partial charge in [-0.2, -0.15) is 5.10 Å². The molecule has 28 heavy (non-hydrogen) atoms. The third kappa shape index (κ3) is 4.79. The maximum Gasteiger partial charge on any atom is 0.271 e. The van der Waals surface area contributed by atoms with Crippen molar-refractivity contribution < 1.29 is 14.3 Å². The number of thiazole rings is 1. The van der Waals surface area contributed by atoms with Crippen LogP contribution >= 0.6 is 22.9 Å². The number of carbonyl (C=O) groups excluding carboxylic acids is 1. The van der Waals surface area contributed by atoms with Crippen LogP contribution in [0.1, 0.15) is 15.2 Å². The molecule has 3 rings (SSSR count). The summed E-state index contributed by atoms with van der Waals surface area (Å²) in [6.45, 7) is 0. The summed E-state index contributed by atoms with van der Waals surface area (Å²) in [4.78, 5) is 17.1. The fraction of sp³-hybridized carbons (Fsp3) is 0.105. The van der Waals surface area contributed by atoms with Crippen molar-refractivity contribution in [3.8, 4) is 11.5 Å². The Bertz CT molecular complexity index is 992. The van der Waals surface area contributed by atoms with Gasteiger partial charge in [0.2, 0.25) is 0 Å². The van der Waals surface area contributed by atoms with Gasteiger partial charge < -0.3 is 14.8 Å². The predicted octanol–water partition coefficient (Wildman–Crippen LogP) is 4.32. The molecule has 0 aliphatic heterocycles. The highest BCUT2D eigenvalue weighted by Gasteiger charge is 2.11. The Hall–Kier alpha value is -3.10. The molecule has 0 unspecified atom stereocenters. The normalized spacial score (nSPS) is 10.7. The fourth-order valence-corrected chi connectivity index (χ4v) is 3.33. The van der Waals surface area contributed by atoms with E-state index in [2.05, 4.69) is 20.8 Å². The van der Waals surface area contributed by atoms with Crippen LogP contribution in [-0.4, -0.2) is 31.3 Å². The number of benzene rings is 2. The van der Waals surface area contributed by atoms with Gasteiger partial charge in [-0.15, -0.1) is 0 Å². The molecule has 1 amide bonds. The molecule has 0 saturated heterocycles. The van der Waals surface area contributed by atoms with E-state index in [1.165, 1.54) is 31.8 Å². The van der Waals surface area contributed by atoms with Gasteiger partial charge in [0.25, 0.3) is 5.91 Å². The highest BCUT2D eigenvalue weighted by molar-refractivity contribution is 7.17. The molecule has 0 spiro atoms. The summed E-state index contributed by atoms with van der Waals surface area (Å²) in [5, 5.41) is 8.05. The van der Waals surface area contributed by atoms with Crippen molar-refractivity contribution in [2.24, 2.45) is 5.10 Å². The van der Waals surface area contributed by atoms with Crippen molar-refractivity contribution in [3.63, 3.8) is 0 Å². The van der Waals surface area contributed by atoms with Crippen LogP contribution in [0.2, 0.25) is 5.15 Å². The van der Waals surface area contributed by atoms with Crippen molar-refractivity contribution >= 4 is 45.9 Å². The van der Waals surface area contributed by atoms with E-state index in [-0.39, 0.29) is 5.91 Å². The van der Waals surface area contributed by atoms with E-state index in [1.807, 2.05) is 30.3 Å². The predicted molar refractivity (Wildman–Crippen MR) is 111 cm³/mol. The van der Waals surface area contributed by atoms with Crippen LogP contribution < -0.4 is 20.2 Å². The van der Waals surface area contributed by atoms with Gasteiger partial charge in [-0.1, -0.05) is 41.1 Å². The molecule has 0 radical (unpaired) electrons. The summed E-state index contributed by atoms with van der Waals surface area (Å²) < 4.78 is 10.3. The second kappa shape index (κ2) is 9.20. The quantitative estimate of drug-likeness (QED) is 0.442. The Balaban J connectivity index is 1.65. The minimum Gasteiger partial charge on any atom is -0.493 e. The number of ether oxygens (including phenoxy) is 2. The number of hydrazone groups is 1. The summed E-state index contributed by atoms with van der Waals surface area (Å²) in [6, 6.07) is 14.5. The molecule has 2 aromatic carbocycles. The molecule has 1 heterocycles. The highest BCUT2D eigenvalue weighted by Crippen LogP contribution is 2.28. The summed E-state index contributed by atoms with van der Waals surface area (Å²) in [5.41, 5.74) is 3.74. The minimum absolute atomic E-state index is 0.299. The zero-order valence-corrected chi connectivity index (χ0v) is 16.7. The van der Waals surface area contributed by atoms with Gasteiger partial charge in [-0.05, 0) is 30.3 Å². The van der Waals surface area contributed by atoms with Crippen LogP contribution in [0.5, 0.6) is 11.5 Å². The lowest BCUT2D eigenvalue weighted by molar-refractivity contribution is 0.0954. The fourth-order valence-electron chi connectivity index (χ4n) is 2.28. The van der Waals surface area contributed by atoms with Gasteiger partial charge in [0.05, 0.1) is 25.3 Å². The molecule has 1 aromatic heterocycles. The maximum atomic E-state index is 12.3. The van der Waals surface area contributed by atoms with Crippen molar-refractivity contribution in [1.29, 1.82) is 0 Å². The van der Waals surface area contributed by atoms with Gasteiger partial charge in [0.1, 0.15) is 0 Å².